The summed E-state index contributed by atoms with van der Waals surface area (Å²) < 4.78 is 23.8. The van der Waals surface area contributed by atoms with Crippen molar-refractivity contribution in [2.24, 2.45) is 0 Å². The van der Waals surface area contributed by atoms with Gasteiger partial charge >= 0.3 is 6.09 Å². The molecule has 6 nitrogen and oxygen atoms in total. The van der Waals surface area contributed by atoms with E-state index in [-0.39, 0.29) is 16.5 Å². The van der Waals surface area contributed by atoms with Crippen LogP contribution in [0, 0.1) is 5.82 Å². The molecule has 1 amide bonds. The zero-order valence-corrected chi connectivity index (χ0v) is 13.7. The van der Waals surface area contributed by atoms with Crippen molar-refractivity contribution < 1.29 is 18.4 Å². The Morgan fingerprint density at radius 1 is 1.46 bits per heavy atom. The Morgan fingerprint density at radius 2 is 2.25 bits per heavy atom. The number of aromatic nitrogens is 1. The van der Waals surface area contributed by atoms with Crippen molar-refractivity contribution >= 4 is 17.7 Å². The topological polar surface area (TPSA) is 75.5 Å². The number of ether oxygens (including phenoxy) is 1. The average molecular weight is 355 g/mol. The van der Waals surface area contributed by atoms with Crippen molar-refractivity contribution in [1.29, 1.82) is 0 Å². The largest absolute Gasteiger partial charge is 0.453 e. The molecule has 1 aromatic carbocycles. The van der Waals surface area contributed by atoms with E-state index in [0.717, 1.165) is 0 Å². The number of benzene rings is 1. The number of amides is 1. The van der Waals surface area contributed by atoms with Crippen molar-refractivity contribution in [3.63, 3.8) is 0 Å². The quantitative estimate of drug-likeness (QED) is 0.896. The molecule has 0 bridgehead atoms. The molecule has 24 heavy (non-hydrogen) atoms. The summed E-state index contributed by atoms with van der Waals surface area (Å²) >= 11 is 5.74. The van der Waals surface area contributed by atoms with Crippen molar-refractivity contribution in [3.8, 4) is 0 Å². The van der Waals surface area contributed by atoms with Crippen LogP contribution in [-0.2, 0) is 4.74 Å². The van der Waals surface area contributed by atoms with Crippen LogP contribution < -0.4 is 5.56 Å². The fraction of sp³-hybridized carbons (Fsp3) is 0.375. The number of H-pyrrole nitrogens is 1. The van der Waals surface area contributed by atoms with Gasteiger partial charge in [-0.05, 0) is 30.5 Å². The molecule has 0 radical (unpaired) electrons. The normalized spacial score (nSPS) is 20.9. The first-order valence-corrected chi connectivity index (χ1v) is 7.85. The molecular formula is C16H16ClFN2O4. The number of nitrogens with one attached hydrogen (secondary N) is 1. The lowest BCUT2D eigenvalue weighted by Gasteiger charge is -2.38. The Labute approximate surface area is 142 Å². The maximum atomic E-state index is 13.8. The van der Waals surface area contributed by atoms with Crippen LogP contribution in [0.1, 0.15) is 36.1 Å². The summed E-state index contributed by atoms with van der Waals surface area (Å²) in [7, 11) is 1.30. The monoisotopic (exact) mass is 354 g/mol. The number of halogens is 2. The Morgan fingerprint density at radius 3 is 2.88 bits per heavy atom. The van der Waals surface area contributed by atoms with E-state index in [1.54, 1.807) is 11.0 Å². The predicted octanol–water partition coefficient (Wildman–Crippen LogP) is 3.45. The Balaban J connectivity index is 1.93. The number of likely N-dealkylation sites (tertiary alicyclic amines) is 1. The number of rotatable bonds is 2. The molecule has 2 aromatic rings. The van der Waals surface area contributed by atoms with Gasteiger partial charge in [0.05, 0.1) is 18.2 Å². The molecule has 1 fully saturated rings. The molecule has 0 spiro atoms. The van der Waals surface area contributed by atoms with Crippen molar-refractivity contribution in [1.82, 2.24) is 10.1 Å². The fourth-order valence-electron chi connectivity index (χ4n) is 3.09. The van der Waals surface area contributed by atoms with Gasteiger partial charge in [0.25, 0.3) is 5.56 Å². The number of piperidine rings is 1. The van der Waals surface area contributed by atoms with Crippen LogP contribution in [0.3, 0.4) is 0 Å². The first-order valence-electron chi connectivity index (χ1n) is 7.47. The van der Waals surface area contributed by atoms with Gasteiger partial charge in [0.2, 0.25) is 0 Å². The zero-order chi connectivity index (χ0) is 17.3. The molecule has 8 heteroatoms. The fourth-order valence-corrected chi connectivity index (χ4v) is 3.21. The number of methoxy groups -OCH3 is 1. The third-order valence-electron chi connectivity index (χ3n) is 4.29. The average Bonchev–Trinajstić information content (AvgIpc) is 3.02. The van der Waals surface area contributed by atoms with Crippen LogP contribution in [0.2, 0.25) is 5.02 Å². The van der Waals surface area contributed by atoms with Crippen LogP contribution in [0.25, 0.3) is 0 Å². The van der Waals surface area contributed by atoms with Gasteiger partial charge in [0.1, 0.15) is 11.6 Å². The highest BCUT2D eigenvalue weighted by Gasteiger charge is 2.35. The van der Waals surface area contributed by atoms with Gasteiger partial charge < -0.3 is 14.2 Å². The van der Waals surface area contributed by atoms with Crippen LogP contribution >= 0.6 is 11.6 Å². The highest BCUT2D eigenvalue weighted by molar-refractivity contribution is 6.30. The zero-order valence-electron chi connectivity index (χ0n) is 12.9. The van der Waals surface area contributed by atoms with Gasteiger partial charge in [-0.3, -0.25) is 4.79 Å². The van der Waals surface area contributed by atoms with E-state index in [1.165, 1.54) is 25.3 Å². The lowest BCUT2D eigenvalue weighted by molar-refractivity contribution is 0.0814. The number of aromatic amines is 1. The molecule has 0 aliphatic carbocycles. The van der Waals surface area contributed by atoms with E-state index in [2.05, 4.69) is 5.16 Å². The SMILES string of the molecule is COC(=O)N1CC[C@@H](c2cc(=O)[nH]o2)C[C@@H]1c1ccc(Cl)c(F)c1. The van der Waals surface area contributed by atoms with Gasteiger partial charge in [-0.25, -0.2) is 9.18 Å². The van der Waals surface area contributed by atoms with E-state index in [9.17, 15) is 14.0 Å². The second kappa shape index (κ2) is 6.68. The van der Waals surface area contributed by atoms with Gasteiger partial charge in [0.15, 0.2) is 0 Å². The van der Waals surface area contributed by atoms with Crippen LogP contribution in [0.15, 0.2) is 33.6 Å². The van der Waals surface area contributed by atoms with E-state index in [4.69, 9.17) is 20.9 Å². The third-order valence-corrected chi connectivity index (χ3v) is 4.59. The minimum atomic E-state index is -0.547. The van der Waals surface area contributed by atoms with Crippen LogP contribution in [0.4, 0.5) is 9.18 Å². The lowest BCUT2D eigenvalue weighted by Crippen LogP contribution is -2.40. The maximum absolute atomic E-state index is 13.8. The molecule has 0 saturated carbocycles. The number of carbonyl (C=O) groups excluding carboxylic acids is 1. The molecule has 2 atom stereocenters. The minimum absolute atomic E-state index is 0.0207. The lowest BCUT2D eigenvalue weighted by atomic mass is 9.86. The summed E-state index contributed by atoms with van der Waals surface area (Å²) in [4.78, 5) is 24.9. The van der Waals surface area contributed by atoms with Crippen molar-refractivity contribution in [3.05, 3.63) is 56.8 Å². The summed E-state index contributed by atoms with van der Waals surface area (Å²) in [5.74, 6) is -0.0770. The van der Waals surface area contributed by atoms with Gasteiger partial charge in [-0.1, -0.05) is 17.7 Å². The molecule has 0 unspecified atom stereocenters. The number of hydrogen-bond acceptors (Lipinski definition) is 4. The van der Waals surface area contributed by atoms with Gasteiger partial charge in [-0.2, -0.15) is 5.16 Å². The van der Waals surface area contributed by atoms with E-state index >= 15 is 0 Å². The first kappa shape index (κ1) is 16.6. The van der Waals surface area contributed by atoms with Gasteiger partial charge in [0, 0.05) is 18.5 Å². The maximum Gasteiger partial charge on any atom is 0.409 e. The molecule has 3 rings (SSSR count). The summed E-state index contributed by atoms with van der Waals surface area (Å²) in [6.07, 6.45) is 0.615. The summed E-state index contributed by atoms with van der Waals surface area (Å²) in [5, 5.41) is 2.29. The molecule has 1 aliphatic heterocycles. The number of carbonyl (C=O) groups is 1. The Kier molecular flexibility index (Phi) is 4.62. The minimum Gasteiger partial charge on any atom is -0.453 e. The van der Waals surface area contributed by atoms with Crippen LogP contribution in [0.5, 0.6) is 0 Å². The Hall–Kier alpha value is -2.28. The van der Waals surface area contributed by atoms with E-state index < -0.39 is 18.0 Å². The van der Waals surface area contributed by atoms with E-state index in [1.807, 2.05) is 0 Å². The molecule has 1 aliphatic rings. The van der Waals surface area contributed by atoms with Crippen LogP contribution in [-0.4, -0.2) is 29.8 Å². The second-order valence-electron chi connectivity index (χ2n) is 5.69. The number of nitrogens with zero attached hydrogens (tertiary/aromatic N) is 1. The first-order chi connectivity index (χ1) is 11.5. The van der Waals surface area contributed by atoms with Crippen molar-refractivity contribution in [2.45, 2.75) is 24.8 Å². The standard InChI is InChI=1S/C16H16ClFN2O4/c1-23-16(22)20-5-4-10(14-8-15(21)19-24-14)7-13(20)9-2-3-11(17)12(18)6-9/h2-3,6,8,10,13H,4-5,7H2,1H3,(H,19,21)/t10-,13-/m1/s1. The molecule has 1 saturated heterocycles. The highest BCUT2D eigenvalue weighted by atomic mass is 35.5. The predicted molar refractivity (Wildman–Crippen MR) is 84.6 cm³/mol. The molecule has 2 heterocycles. The number of hydrogen-bond donors (Lipinski definition) is 1. The molecule has 1 aromatic heterocycles. The molecule has 128 valence electrons. The smallest absolute Gasteiger partial charge is 0.409 e. The third kappa shape index (κ3) is 3.17. The van der Waals surface area contributed by atoms with Crippen molar-refractivity contribution in [2.75, 3.05) is 13.7 Å². The highest BCUT2D eigenvalue weighted by Crippen LogP contribution is 2.39. The summed E-state index contributed by atoms with van der Waals surface area (Å²) in [6.45, 7) is 0.404. The second-order valence-corrected chi connectivity index (χ2v) is 6.10. The summed E-state index contributed by atoms with van der Waals surface area (Å²) in [6, 6.07) is 5.46. The van der Waals surface area contributed by atoms with E-state index in [0.29, 0.717) is 30.7 Å². The van der Waals surface area contributed by atoms with Gasteiger partial charge in [-0.15, -0.1) is 0 Å². The molecular weight excluding hydrogens is 339 g/mol. The molecule has 1 N–H and O–H groups in total. The Bertz CT molecular complexity index is 803. The summed E-state index contributed by atoms with van der Waals surface area (Å²) in [5.41, 5.74) is 0.305.